The first-order chi connectivity index (χ1) is 8.20. The van der Waals surface area contributed by atoms with Crippen LogP contribution in [0.15, 0.2) is 51.4 Å². The molecule has 2 N–H and O–H groups in total. The molecule has 4 heteroatoms. The number of ether oxygens (including phenoxy) is 1. The summed E-state index contributed by atoms with van der Waals surface area (Å²) >= 11 is 6.92. The lowest BCUT2D eigenvalue weighted by molar-refractivity contribution is 0.476. The van der Waals surface area contributed by atoms with E-state index in [2.05, 4.69) is 31.9 Å². The van der Waals surface area contributed by atoms with Crippen LogP contribution in [0.3, 0.4) is 0 Å². The summed E-state index contributed by atoms with van der Waals surface area (Å²) in [5, 5.41) is 0. The molecule has 88 valence electrons. The lowest BCUT2D eigenvalue weighted by Gasteiger charge is -2.10. The highest BCUT2D eigenvalue weighted by Crippen LogP contribution is 2.34. The zero-order valence-electron chi connectivity index (χ0n) is 8.99. The van der Waals surface area contributed by atoms with Crippen molar-refractivity contribution < 1.29 is 4.74 Å². The SMILES string of the molecule is NCc1ccc(Oc2ccccc2Br)c(Br)c1. The van der Waals surface area contributed by atoms with Crippen LogP contribution < -0.4 is 10.5 Å². The van der Waals surface area contributed by atoms with Gasteiger partial charge >= 0.3 is 0 Å². The van der Waals surface area contributed by atoms with E-state index in [1.54, 1.807) is 0 Å². The number of hydrogen-bond acceptors (Lipinski definition) is 2. The fraction of sp³-hybridized carbons (Fsp3) is 0.0769. The molecule has 0 bridgehead atoms. The monoisotopic (exact) mass is 355 g/mol. The van der Waals surface area contributed by atoms with Crippen LogP contribution in [0, 0.1) is 0 Å². The summed E-state index contributed by atoms with van der Waals surface area (Å²) in [7, 11) is 0. The van der Waals surface area contributed by atoms with Gasteiger partial charge in [0.1, 0.15) is 11.5 Å². The summed E-state index contributed by atoms with van der Waals surface area (Å²) in [5.74, 6) is 1.56. The van der Waals surface area contributed by atoms with Crippen molar-refractivity contribution in [3.8, 4) is 11.5 Å². The van der Waals surface area contributed by atoms with Gasteiger partial charge in [0.25, 0.3) is 0 Å². The van der Waals surface area contributed by atoms with Crippen LogP contribution in [-0.4, -0.2) is 0 Å². The summed E-state index contributed by atoms with van der Waals surface area (Å²) in [5.41, 5.74) is 6.64. The molecular formula is C13H11Br2NO. The zero-order chi connectivity index (χ0) is 12.3. The maximum atomic E-state index is 5.80. The van der Waals surface area contributed by atoms with E-state index in [0.717, 1.165) is 26.0 Å². The quantitative estimate of drug-likeness (QED) is 0.880. The van der Waals surface area contributed by atoms with Gasteiger partial charge in [-0.3, -0.25) is 0 Å². The van der Waals surface area contributed by atoms with E-state index in [0.29, 0.717) is 6.54 Å². The molecule has 0 radical (unpaired) electrons. The van der Waals surface area contributed by atoms with Crippen molar-refractivity contribution >= 4 is 31.9 Å². The molecule has 0 saturated heterocycles. The smallest absolute Gasteiger partial charge is 0.141 e. The van der Waals surface area contributed by atoms with Gasteiger partial charge < -0.3 is 10.5 Å². The van der Waals surface area contributed by atoms with Crippen LogP contribution in [-0.2, 0) is 6.54 Å². The first kappa shape index (κ1) is 12.6. The Morgan fingerprint density at radius 1 is 0.941 bits per heavy atom. The highest BCUT2D eigenvalue weighted by Gasteiger charge is 2.05. The average molecular weight is 357 g/mol. The number of nitrogens with two attached hydrogens (primary N) is 1. The first-order valence-corrected chi connectivity index (χ1v) is 6.70. The molecule has 2 rings (SSSR count). The van der Waals surface area contributed by atoms with Crippen LogP contribution in [0.5, 0.6) is 11.5 Å². The maximum absolute atomic E-state index is 5.80. The third-order valence-corrected chi connectivity index (χ3v) is 3.56. The Labute approximate surface area is 117 Å². The molecule has 0 unspecified atom stereocenters. The largest absolute Gasteiger partial charge is 0.455 e. The number of hydrogen-bond donors (Lipinski definition) is 1. The molecule has 0 amide bonds. The zero-order valence-corrected chi connectivity index (χ0v) is 12.2. The lowest BCUT2D eigenvalue weighted by Crippen LogP contribution is -1.96. The molecule has 2 aromatic rings. The van der Waals surface area contributed by atoms with Crippen molar-refractivity contribution in [3.63, 3.8) is 0 Å². The van der Waals surface area contributed by atoms with E-state index in [1.165, 1.54) is 0 Å². The Bertz CT molecular complexity index is 529. The third-order valence-electron chi connectivity index (χ3n) is 2.29. The van der Waals surface area contributed by atoms with Crippen molar-refractivity contribution in [1.29, 1.82) is 0 Å². The minimum Gasteiger partial charge on any atom is -0.455 e. The number of rotatable bonds is 3. The normalized spacial score (nSPS) is 10.3. The molecule has 2 nitrogen and oxygen atoms in total. The van der Waals surface area contributed by atoms with Crippen LogP contribution >= 0.6 is 31.9 Å². The first-order valence-electron chi connectivity index (χ1n) is 5.11. The minimum atomic E-state index is 0.522. The Kier molecular flexibility index (Phi) is 4.20. The van der Waals surface area contributed by atoms with Gasteiger partial charge in [0.05, 0.1) is 8.95 Å². The lowest BCUT2D eigenvalue weighted by atomic mass is 10.2. The van der Waals surface area contributed by atoms with Crippen molar-refractivity contribution in [3.05, 3.63) is 57.0 Å². The van der Waals surface area contributed by atoms with E-state index in [1.807, 2.05) is 42.5 Å². The predicted octanol–water partition coefficient (Wildman–Crippen LogP) is 4.46. The summed E-state index contributed by atoms with van der Waals surface area (Å²) in [6, 6.07) is 13.6. The number of benzene rings is 2. The molecule has 0 aliphatic heterocycles. The van der Waals surface area contributed by atoms with Crippen molar-refractivity contribution in [2.45, 2.75) is 6.54 Å². The maximum Gasteiger partial charge on any atom is 0.141 e. The van der Waals surface area contributed by atoms with Crippen LogP contribution in [0.25, 0.3) is 0 Å². The fourth-order valence-electron chi connectivity index (χ4n) is 1.40. The second kappa shape index (κ2) is 5.67. The van der Waals surface area contributed by atoms with Crippen molar-refractivity contribution in [2.75, 3.05) is 0 Å². The Hall–Kier alpha value is -0.840. The number of halogens is 2. The Morgan fingerprint density at radius 3 is 2.29 bits per heavy atom. The van der Waals surface area contributed by atoms with Crippen molar-refractivity contribution in [1.82, 2.24) is 0 Å². The van der Waals surface area contributed by atoms with Gasteiger partial charge in [-0.1, -0.05) is 18.2 Å². The Balaban J connectivity index is 2.28. The molecule has 0 heterocycles. The summed E-state index contributed by atoms with van der Waals surface area (Å²) < 4.78 is 7.63. The van der Waals surface area contributed by atoms with Gasteiger partial charge in [0, 0.05) is 6.54 Å². The average Bonchev–Trinajstić information content (AvgIpc) is 2.34. The number of para-hydroxylation sites is 1. The van der Waals surface area contributed by atoms with Gasteiger partial charge in [-0.25, -0.2) is 0 Å². The van der Waals surface area contributed by atoms with Gasteiger partial charge in [-0.15, -0.1) is 0 Å². The van der Waals surface area contributed by atoms with E-state index in [-0.39, 0.29) is 0 Å². The topological polar surface area (TPSA) is 35.2 Å². The second-order valence-corrected chi connectivity index (χ2v) is 5.21. The molecule has 0 fully saturated rings. The van der Waals surface area contributed by atoms with Crippen LogP contribution in [0.1, 0.15) is 5.56 Å². The van der Waals surface area contributed by atoms with E-state index < -0.39 is 0 Å². The second-order valence-electron chi connectivity index (χ2n) is 3.50. The van der Waals surface area contributed by atoms with Crippen molar-refractivity contribution in [2.24, 2.45) is 5.73 Å². The van der Waals surface area contributed by atoms with Gasteiger partial charge in [0.2, 0.25) is 0 Å². The molecule has 0 aliphatic carbocycles. The summed E-state index contributed by atoms with van der Waals surface area (Å²) in [4.78, 5) is 0. The standard InChI is InChI=1S/C13H11Br2NO/c14-10-3-1-2-4-12(10)17-13-6-5-9(8-16)7-11(13)15/h1-7H,8,16H2. The molecule has 0 spiro atoms. The predicted molar refractivity (Wildman–Crippen MR) is 76.2 cm³/mol. The molecule has 0 aromatic heterocycles. The minimum absolute atomic E-state index is 0.522. The molecular weight excluding hydrogens is 346 g/mol. The van der Waals surface area contributed by atoms with Gasteiger partial charge in [0.15, 0.2) is 0 Å². The summed E-state index contributed by atoms with van der Waals surface area (Å²) in [6.07, 6.45) is 0. The summed E-state index contributed by atoms with van der Waals surface area (Å²) in [6.45, 7) is 0.522. The van der Waals surface area contributed by atoms with E-state index >= 15 is 0 Å². The highest BCUT2D eigenvalue weighted by atomic mass is 79.9. The Morgan fingerprint density at radius 2 is 1.65 bits per heavy atom. The fourth-order valence-corrected chi connectivity index (χ4v) is 2.27. The molecule has 2 aromatic carbocycles. The third kappa shape index (κ3) is 3.09. The van der Waals surface area contributed by atoms with Crippen LogP contribution in [0.4, 0.5) is 0 Å². The van der Waals surface area contributed by atoms with Gasteiger partial charge in [-0.2, -0.15) is 0 Å². The molecule has 17 heavy (non-hydrogen) atoms. The molecule has 0 atom stereocenters. The van der Waals surface area contributed by atoms with Gasteiger partial charge in [-0.05, 0) is 61.7 Å². The molecule has 0 saturated carbocycles. The van der Waals surface area contributed by atoms with E-state index in [9.17, 15) is 0 Å². The van der Waals surface area contributed by atoms with Crippen LogP contribution in [0.2, 0.25) is 0 Å². The van der Waals surface area contributed by atoms with E-state index in [4.69, 9.17) is 10.5 Å². The highest BCUT2D eigenvalue weighted by molar-refractivity contribution is 9.11. The molecule has 0 aliphatic rings.